The molecule has 30 heavy (non-hydrogen) atoms. The number of aliphatic imine (C=N–C) groups is 1. The zero-order chi connectivity index (χ0) is 20.9. The Bertz CT molecular complexity index is 822. The Morgan fingerprint density at radius 2 is 1.97 bits per heavy atom. The van der Waals surface area contributed by atoms with Crippen LogP contribution in [0.5, 0.6) is 0 Å². The van der Waals surface area contributed by atoms with Crippen molar-refractivity contribution in [2.75, 3.05) is 31.9 Å². The molecule has 0 unspecified atom stereocenters. The second kappa shape index (κ2) is 11.1. The van der Waals surface area contributed by atoms with E-state index in [1.165, 1.54) is 6.07 Å². The summed E-state index contributed by atoms with van der Waals surface area (Å²) in [5.74, 6) is 0.773. The summed E-state index contributed by atoms with van der Waals surface area (Å²) in [6, 6.07) is 7.04. The Labute approximate surface area is 197 Å². The number of halogens is 2. The van der Waals surface area contributed by atoms with Gasteiger partial charge in [-0.25, -0.2) is 17.1 Å². The summed E-state index contributed by atoms with van der Waals surface area (Å²) >= 11 is 0. The van der Waals surface area contributed by atoms with E-state index in [0.29, 0.717) is 26.1 Å². The first-order chi connectivity index (χ1) is 13.9. The molecular formula is C21H34FIN4O2S. The number of piperidine rings is 1. The fourth-order valence-electron chi connectivity index (χ4n) is 3.92. The van der Waals surface area contributed by atoms with E-state index < -0.39 is 10.0 Å². The standard InChI is InChI=1S/C21H33FN4O2S.HI/c1-3-14-29(27,28)26-12-8-19(9-13-26)25-20(23-4-2)24-16-21(10-11-21)17-6-5-7-18(22)15-17;/h5-7,15,19H,3-4,8-14,16H2,1-2H3,(H2,23,24,25);1H. The van der Waals surface area contributed by atoms with E-state index in [9.17, 15) is 12.8 Å². The second-order valence-electron chi connectivity index (χ2n) is 8.12. The summed E-state index contributed by atoms with van der Waals surface area (Å²) in [7, 11) is -3.12. The van der Waals surface area contributed by atoms with Gasteiger partial charge in [-0.3, -0.25) is 4.99 Å². The Kier molecular flexibility index (Phi) is 9.35. The van der Waals surface area contributed by atoms with Crippen LogP contribution in [0.15, 0.2) is 29.3 Å². The van der Waals surface area contributed by atoms with Gasteiger partial charge in [-0.05, 0) is 56.7 Å². The lowest BCUT2D eigenvalue weighted by molar-refractivity contribution is 0.306. The van der Waals surface area contributed by atoms with Crippen LogP contribution in [-0.2, 0) is 15.4 Å². The van der Waals surface area contributed by atoms with Crippen molar-refractivity contribution >= 4 is 40.0 Å². The van der Waals surface area contributed by atoms with Crippen LogP contribution in [0.2, 0.25) is 0 Å². The van der Waals surface area contributed by atoms with Crippen LogP contribution in [0.4, 0.5) is 4.39 Å². The Morgan fingerprint density at radius 1 is 1.27 bits per heavy atom. The molecule has 0 bridgehead atoms. The van der Waals surface area contributed by atoms with E-state index in [1.54, 1.807) is 16.4 Å². The second-order valence-corrected chi connectivity index (χ2v) is 10.2. The lowest BCUT2D eigenvalue weighted by Gasteiger charge is -2.32. The molecule has 0 radical (unpaired) electrons. The monoisotopic (exact) mass is 552 g/mol. The fourth-order valence-corrected chi connectivity index (χ4v) is 5.46. The minimum Gasteiger partial charge on any atom is -0.357 e. The third-order valence-electron chi connectivity index (χ3n) is 5.82. The smallest absolute Gasteiger partial charge is 0.214 e. The molecule has 3 rings (SSSR count). The molecule has 1 saturated heterocycles. The third-order valence-corrected chi connectivity index (χ3v) is 7.90. The maximum atomic E-state index is 13.6. The third kappa shape index (κ3) is 6.53. The minimum atomic E-state index is -3.12. The maximum Gasteiger partial charge on any atom is 0.214 e. The molecule has 2 fully saturated rings. The topological polar surface area (TPSA) is 73.8 Å². The first-order valence-corrected chi connectivity index (χ1v) is 12.3. The van der Waals surface area contributed by atoms with Gasteiger partial charge in [0.1, 0.15) is 5.82 Å². The SMILES string of the molecule is CCCS(=O)(=O)N1CCC(NC(=NCC2(c3cccc(F)c3)CC2)NCC)CC1.I. The number of sulfonamides is 1. The van der Waals surface area contributed by atoms with E-state index in [0.717, 1.165) is 43.8 Å². The maximum absolute atomic E-state index is 13.6. The minimum absolute atomic E-state index is 0. The predicted molar refractivity (Wildman–Crippen MR) is 131 cm³/mol. The quantitative estimate of drug-likeness (QED) is 0.295. The van der Waals surface area contributed by atoms with Gasteiger partial charge in [-0.15, -0.1) is 24.0 Å². The molecular weight excluding hydrogens is 518 g/mol. The first kappa shape index (κ1) is 25.3. The van der Waals surface area contributed by atoms with Gasteiger partial charge in [0.2, 0.25) is 10.0 Å². The van der Waals surface area contributed by atoms with Crippen LogP contribution >= 0.6 is 24.0 Å². The zero-order valence-corrected chi connectivity index (χ0v) is 21.0. The Morgan fingerprint density at radius 3 is 2.53 bits per heavy atom. The lowest BCUT2D eigenvalue weighted by atomic mass is 9.96. The number of nitrogens with one attached hydrogen (secondary N) is 2. The highest BCUT2D eigenvalue weighted by Crippen LogP contribution is 2.48. The van der Waals surface area contributed by atoms with Crippen LogP contribution < -0.4 is 10.6 Å². The van der Waals surface area contributed by atoms with E-state index in [-0.39, 0.29) is 47.0 Å². The van der Waals surface area contributed by atoms with E-state index in [1.807, 2.05) is 19.9 Å². The van der Waals surface area contributed by atoms with Crippen molar-refractivity contribution in [3.63, 3.8) is 0 Å². The van der Waals surface area contributed by atoms with Crippen LogP contribution in [0.1, 0.15) is 51.5 Å². The van der Waals surface area contributed by atoms with Gasteiger partial charge in [0.25, 0.3) is 0 Å². The number of benzene rings is 1. The molecule has 1 aliphatic carbocycles. The van der Waals surface area contributed by atoms with Gasteiger partial charge in [-0.1, -0.05) is 19.1 Å². The summed E-state index contributed by atoms with van der Waals surface area (Å²) in [4.78, 5) is 4.79. The Balaban J connectivity index is 0.00000320. The van der Waals surface area contributed by atoms with Crippen molar-refractivity contribution < 1.29 is 12.8 Å². The molecule has 1 saturated carbocycles. The lowest BCUT2D eigenvalue weighted by Crippen LogP contribution is -2.50. The highest BCUT2D eigenvalue weighted by molar-refractivity contribution is 14.0. The van der Waals surface area contributed by atoms with Gasteiger partial charge in [0, 0.05) is 31.1 Å². The van der Waals surface area contributed by atoms with Crippen molar-refractivity contribution in [2.45, 2.75) is 57.4 Å². The predicted octanol–water partition coefficient (Wildman–Crippen LogP) is 3.23. The highest BCUT2D eigenvalue weighted by atomic mass is 127. The average Bonchev–Trinajstić information content (AvgIpc) is 3.48. The summed E-state index contributed by atoms with van der Waals surface area (Å²) < 4.78 is 39.7. The summed E-state index contributed by atoms with van der Waals surface area (Å²) in [6.45, 7) is 6.38. The molecule has 1 aromatic carbocycles. The number of nitrogens with zero attached hydrogens (tertiary/aromatic N) is 2. The van der Waals surface area contributed by atoms with Gasteiger partial charge in [-0.2, -0.15) is 0 Å². The van der Waals surface area contributed by atoms with Gasteiger partial charge < -0.3 is 10.6 Å². The normalized spacial score (nSPS) is 19.8. The highest BCUT2D eigenvalue weighted by Gasteiger charge is 2.44. The van der Waals surface area contributed by atoms with Crippen LogP contribution in [0, 0.1) is 5.82 Å². The number of rotatable bonds is 8. The summed E-state index contributed by atoms with van der Waals surface area (Å²) in [5, 5.41) is 6.76. The van der Waals surface area contributed by atoms with Crippen molar-refractivity contribution in [1.82, 2.24) is 14.9 Å². The summed E-state index contributed by atoms with van der Waals surface area (Å²) in [5.41, 5.74) is 0.966. The molecule has 9 heteroatoms. The van der Waals surface area contributed by atoms with Crippen LogP contribution in [-0.4, -0.2) is 56.7 Å². The average molecular weight is 552 g/mol. The van der Waals surface area contributed by atoms with E-state index in [4.69, 9.17) is 4.99 Å². The van der Waals surface area contributed by atoms with Crippen molar-refractivity contribution in [3.05, 3.63) is 35.6 Å². The molecule has 1 heterocycles. The number of guanidine groups is 1. The van der Waals surface area contributed by atoms with Crippen molar-refractivity contribution in [1.29, 1.82) is 0 Å². The molecule has 1 aliphatic heterocycles. The van der Waals surface area contributed by atoms with Gasteiger partial charge in [0.05, 0.1) is 12.3 Å². The molecule has 0 aromatic heterocycles. The van der Waals surface area contributed by atoms with Gasteiger partial charge in [0.15, 0.2) is 5.96 Å². The zero-order valence-electron chi connectivity index (χ0n) is 17.9. The molecule has 6 nitrogen and oxygen atoms in total. The van der Waals surface area contributed by atoms with Crippen molar-refractivity contribution in [3.8, 4) is 0 Å². The molecule has 2 N–H and O–H groups in total. The van der Waals surface area contributed by atoms with Crippen molar-refractivity contribution in [2.24, 2.45) is 4.99 Å². The molecule has 0 amide bonds. The fraction of sp³-hybridized carbons (Fsp3) is 0.667. The van der Waals surface area contributed by atoms with Gasteiger partial charge >= 0.3 is 0 Å². The molecule has 2 aliphatic rings. The molecule has 0 atom stereocenters. The first-order valence-electron chi connectivity index (χ1n) is 10.7. The summed E-state index contributed by atoms with van der Waals surface area (Å²) in [6.07, 6.45) is 4.22. The van der Waals surface area contributed by atoms with Crippen LogP contribution in [0.25, 0.3) is 0 Å². The number of hydrogen-bond donors (Lipinski definition) is 2. The molecule has 1 aromatic rings. The Hall–Kier alpha value is -0.940. The number of hydrogen-bond acceptors (Lipinski definition) is 3. The largest absolute Gasteiger partial charge is 0.357 e. The molecule has 170 valence electrons. The van der Waals surface area contributed by atoms with E-state index >= 15 is 0 Å². The molecule has 0 spiro atoms. The van der Waals surface area contributed by atoms with Crippen LogP contribution in [0.3, 0.4) is 0 Å². The van der Waals surface area contributed by atoms with E-state index in [2.05, 4.69) is 10.6 Å².